The number of carbonyl (C=O) groups excluding carboxylic acids is 2. The summed E-state index contributed by atoms with van der Waals surface area (Å²) < 4.78 is 10.1. The zero-order valence-corrected chi connectivity index (χ0v) is 15.0. The molecule has 0 aliphatic heterocycles. The minimum atomic E-state index is -0.517. The van der Waals surface area contributed by atoms with Crippen LogP contribution in [0.2, 0.25) is 0 Å². The summed E-state index contributed by atoms with van der Waals surface area (Å²) in [5.74, 6) is -0.307. The first-order valence-corrected chi connectivity index (χ1v) is 8.09. The number of nitrogens with one attached hydrogen (secondary N) is 2. The second-order valence-electron chi connectivity index (χ2n) is 5.11. The van der Waals surface area contributed by atoms with Crippen LogP contribution in [0.4, 0.5) is 5.69 Å². The van der Waals surface area contributed by atoms with Gasteiger partial charge in [-0.15, -0.1) is 0 Å². The molecule has 0 spiro atoms. The van der Waals surface area contributed by atoms with Crippen LogP contribution in [0.5, 0.6) is 5.75 Å². The number of rotatable bonds is 6. The summed E-state index contributed by atoms with van der Waals surface area (Å²) in [6, 6.07) is 13.3. The minimum Gasteiger partial charge on any atom is -0.489 e. The number of methoxy groups -OCH3 is 1. The molecule has 26 heavy (non-hydrogen) atoms. The van der Waals surface area contributed by atoms with Gasteiger partial charge in [0.2, 0.25) is 0 Å². The van der Waals surface area contributed by atoms with Crippen LogP contribution >= 0.6 is 12.2 Å². The monoisotopic (exact) mass is 370 g/mol. The van der Waals surface area contributed by atoms with E-state index in [4.69, 9.17) is 17.0 Å². The lowest BCUT2D eigenvalue weighted by Gasteiger charge is -2.11. The zero-order chi connectivity index (χ0) is 18.9. The Bertz CT molecular complexity index is 836. The number of esters is 1. The first kappa shape index (κ1) is 19.1. The SMILES string of the molecule is C=CCOc1cccc(NC(=S)NC(=O)c2cccc(C(=O)OC)c2)c1. The number of hydrogen-bond acceptors (Lipinski definition) is 5. The van der Waals surface area contributed by atoms with Crippen LogP contribution in [0.25, 0.3) is 0 Å². The van der Waals surface area contributed by atoms with E-state index >= 15 is 0 Å². The van der Waals surface area contributed by atoms with E-state index in [0.717, 1.165) is 0 Å². The molecule has 0 aliphatic rings. The van der Waals surface area contributed by atoms with Crippen molar-refractivity contribution in [2.75, 3.05) is 19.0 Å². The maximum Gasteiger partial charge on any atom is 0.337 e. The molecule has 2 rings (SSSR count). The average molecular weight is 370 g/mol. The third kappa shape index (κ3) is 5.42. The lowest BCUT2D eigenvalue weighted by atomic mass is 10.1. The molecular weight excluding hydrogens is 352 g/mol. The summed E-state index contributed by atoms with van der Waals surface area (Å²) in [7, 11) is 1.28. The Morgan fingerprint density at radius 2 is 1.88 bits per heavy atom. The van der Waals surface area contributed by atoms with Crippen LogP contribution in [-0.2, 0) is 4.74 Å². The number of amides is 1. The fourth-order valence-electron chi connectivity index (χ4n) is 2.06. The van der Waals surface area contributed by atoms with E-state index in [1.54, 1.807) is 48.5 Å². The predicted octanol–water partition coefficient (Wildman–Crippen LogP) is 3.16. The standard InChI is InChI=1S/C19H18N2O4S/c1-3-10-25-16-9-5-8-15(12-16)20-19(26)21-17(22)13-6-4-7-14(11-13)18(23)24-2/h3-9,11-12H,1,10H2,2H3,(H2,20,21,22,26). The van der Waals surface area contributed by atoms with Crippen molar-refractivity contribution >= 4 is 34.9 Å². The smallest absolute Gasteiger partial charge is 0.337 e. The third-order valence-corrected chi connectivity index (χ3v) is 3.44. The Morgan fingerprint density at radius 1 is 1.15 bits per heavy atom. The third-order valence-electron chi connectivity index (χ3n) is 3.23. The summed E-state index contributed by atoms with van der Waals surface area (Å²) in [6.07, 6.45) is 1.65. The molecule has 2 aromatic rings. The van der Waals surface area contributed by atoms with Crippen LogP contribution in [0.15, 0.2) is 61.2 Å². The number of ether oxygens (including phenoxy) is 2. The molecule has 0 saturated carbocycles. The quantitative estimate of drug-likeness (QED) is 0.462. The molecule has 134 valence electrons. The van der Waals surface area contributed by atoms with Crippen molar-refractivity contribution in [2.24, 2.45) is 0 Å². The second-order valence-corrected chi connectivity index (χ2v) is 5.52. The summed E-state index contributed by atoms with van der Waals surface area (Å²) >= 11 is 5.16. The van der Waals surface area contributed by atoms with Gasteiger partial charge in [-0.25, -0.2) is 4.79 Å². The van der Waals surface area contributed by atoms with Gasteiger partial charge in [0.05, 0.1) is 12.7 Å². The van der Waals surface area contributed by atoms with E-state index in [-0.39, 0.29) is 10.7 Å². The fourth-order valence-corrected chi connectivity index (χ4v) is 2.27. The summed E-state index contributed by atoms with van der Waals surface area (Å²) in [5.41, 5.74) is 1.24. The maximum absolute atomic E-state index is 12.3. The average Bonchev–Trinajstić information content (AvgIpc) is 2.66. The van der Waals surface area contributed by atoms with Crippen LogP contribution < -0.4 is 15.4 Å². The highest BCUT2D eigenvalue weighted by molar-refractivity contribution is 7.80. The van der Waals surface area contributed by atoms with Gasteiger partial charge in [0.1, 0.15) is 12.4 Å². The van der Waals surface area contributed by atoms with Crippen molar-refractivity contribution in [1.29, 1.82) is 0 Å². The second kappa shape index (κ2) is 9.33. The molecule has 7 heteroatoms. The van der Waals surface area contributed by atoms with E-state index in [2.05, 4.69) is 21.9 Å². The molecule has 0 atom stereocenters. The van der Waals surface area contributed by atoms with E-state index < -0.39 is 11.9 Å². The molecule has 0 heterocycles. The van der Waals surface area contributed by atoms with E-state index in [9.17, 15) is 9.59 Å². The molecule has 0 aromatic heterocycles. The number of carbonyl (C=O) groups is 2. The van der Waals surface area contributed by atoms with Gasteiger partial charge in [0, 0.05) is 17.3 Å². The molecule has 0 unspecified atom stereocenters. The first-order chi connectivity index (χ1) is 12.5. The summed E-state index contributed by atoms with van der Waals surface area (Å²) in [6.45, 7) is 3.98. The fraction of sp³-hybridized carbons (Fsp3) is 0.105. The Morgan fingerprint density at radius 3 is 2.62 bits per heavy atom. The molecule has 2 N–H and O–H groups in total. The Balaban J connectivity index is 2.00. The van der Waals surface area contributed by atoms with Crippen molar-refractivity contribution in [3.8, 4) is 5.75 Å². The molecule has 1 amide bonds. The highest BCUT2D eigenvalue weighted by Gasteiger charge is 2.12. The molecule has 0 bridgehead atoms. The van der Waals surface area contributed by atoms with Crippen molar-refractivity contribution < 1.29 is 19.1 Å². The lowest BCUT2D eigenvalue weighted by Crippen LogP contribution is -2.34. The molecule has 0 radical (unpaired) electrons. The van der Waals surface area contributed by atoms with Crippen LogP contribution in [-0.4, -0.2) is 30.7 Å². The first-order valence-electron chi connectivity index (χ1n) is 7.68. The molecular formula is C19H18N2O4S. The van der Waals surface area contributed by atoms with Crippen molar-refractivity contribution in [3.63, 3.8) is 0 Å². The van der Waals surface area contributed by atoms with Gasteiger partial charge >= 0.3 is 5.97 Å². The maximum atomic E-state index is 12.3. The number of benzene rings is 2. The van der Waals surface area contributed by atoms with Crippen molar-refractivity contribution in [3.05, 3.63) is 72.3 Å². The van der Waals surface area contributed by atoms with E-state index in [1.165, 1.54) is 13.2 Å². The van der Waals surface area contributed by atoms with Gasteiger partial charge in [-0.2, -0.15) is 0 Å². The van der Waals surface area contributed by atoms with Crippen molar-refractivity contribution in [2.45, 2.75) is 0 Å². The van der Waals surface area contributed by atoms with Gasteiger partial charge < -0.3 is 14.8 Å². The highest BCUT2D eigenvalue weighted by atomic mass is 32.1. The number of anilines is 1. The minimum absolute atomic E-state index is 0.124. The normalized spacial score (nSPS) is 9.73. The molecule has 0 fully saturated rings. The van der Waals surface area contributed by atoms with Gasteiger partial charge in [0.25, 0.3) is 5.91 Å². The van der Waals surface area contributed by atoms with Crippen LogP contribution in [0.1, 0.15) is 20.7 Å². The lowest BCUT2D eigenvalue weighted by molar-refractivity contribution is 0.0600. The highest BCUT2D eigenvalue weighted by Crippen LogP contribution is 2.17. The summed E-state index contributed by atoms with van der Waals surface area (Å²) in [4.78, 5) is 23.8. The van der Waals surface area contributed by atoms with Gasteiger partial charge in [-0.1, -0.05) is 24.8 Å². The largest absolute Gasteiger partial charge is 0.489 e. The predicted molar refractivity (Wildman–Crippen MR) is 104 cm³/mol. The summed E-state index contributed by atoms with van der Waals surface area (Å²) in [5, 5.41) is 5.60. The Kier molecular flexibility index (Phi) is 6.87. The number of hydrogen-bond donors (Lipinski definition) is 2. The zero-order valence-electron chi connectivity index (χ0n) is 14.2. The van der Waals surface area contributed by atoms with Gasteiger partial charge in [-0.05, 0) is 42.5 Å². The Hall–Kier alpha value is -3.19. The molecule has 2 aromatic carbocycles. The van der Waals surface area contributed by atoms with E-state index in [0.29, 0.717) is 23.6 Å². The van der Waals surface area contributed by atoms with E-state index in [1.807, 2.05) is 0 Å². The van der Waals surface area contributed by atoms with Crippen molar-refractivity contribution in [1.82, 2.24) is 5.32 Å². The van der Waals surface area contributed by atoms with Crippen LogP contribution in [0, 0.1) is 0 Å². The molecule has 0 saturated heterocycles. The Labute approximate surface area is 156 Å². The topological polar surface area (TPSA) is 76.7 Å². The van der Waals surface area contributed by atoms with Gasteiger partial charge in [-0.3, -0.25) is 10.1 Å². The number of thiocarbonyl (C=S) groups is 1. The van der Waals surface area contributed by atoms with Crippen LogP contribution in [0.3, 0.4) is 0 Å². The molecule has 0 aliphatic carbocycles. The van der Waals surface area contributed by atoms with Gasteiger partial charge in [0.15, 0.2) is 5.11 Å². The molecule has 6 nitrogen and oxygen atoms in total.